The zero-order chi connectivity index (χ0) is 18.8. The van der Waals surface area contributed by atoms with Crippen LogP contribution in [0.3, 0.4) is 0 Å². The van der Waals surface area contributed by atoms with E-state index < -0.39 is 0 Å². The van der Waals surface area contributed by atoms with Crippen LogP contribution in [0.2, 0.25) is 0 Å². The first-order valence-corrected chi connectivity index (χ1v) is 9.52. The average Bonchev–Trinajstić information content (AvgIpc) is 2.52. The second-order valence-electron chi connectivity index (χ2n) is 6.87. The summed E-state index contributed by atoms with van der Waals surface area (Å²) in [6.07, 6.45) is 20.5. The maximum absolute atomic E-state index is 11.1. The molecule has 0 amide bonds. The number of carbonyl (C=O) groups excluding carboxylic acids is 1. The molecule has 0 saturated carbocycles. The Morgan fingerprint density at radius 2 is 1.29 bits per heavy atom. The average molecular weight is 333 g/mol. The van der Waals surface area contributed by atoms with Gasteiger partial charge in [-0.05, 0) is 43.1 Å². The van der Waals surface area contributed by atoms with E-state index in [1.165, 1.54) is 6.42 Å². The molecule has 0 aromatic heterocycles. The summed E-state index contributed by atoms with van der Waals surface area (Å²) < 4.78 is 0. The molecule has 0 radical (unpaired) electrons. The van der Waals surface area contributed by atoms with E-state index in [9.17, 15) is 4.79 Å². The molecule has 0 saturated heterocycles. The van der Waals surface area contributed by atoms with Gasteiger partial charge >= 0.3 is 0 Å². The van der Waals surface area contributed by atoms with E-state index in [2.05, 4.69) is 72.8 Å². The molecule has 0 N–H and O–H groups in total. The maximum Gasteiger partial charge on any atom is 0.159 e. The third kappa shape index (κ3) is 22.9. The Labute approximate surface area is 151 Å². The minimum Gasteiger partial charge on any atom is -0.295 e. The van der Waals surface area contributed by atoms with Gasteiger partial charge in [0.05, 0.1) is 0 Å². The molecule has 0 aromatic carbocycles. The summed E-state index contributed by atoms with van der Waals surface area (Å²) in [6, 6.07) is 0. The Bertz CT molecular complexity index is 394. The van der Waals surface area contributed by atoms with Crippen LogP contribution in [0.4, 0.5) is 0 Å². The largest absolute Gasteiger partial charge is 0.295 e. The Hall–Kier alpha value is -1.37. The third-order valence-electron chi connectivity index (χ3n) is 3.12. The van der Waals surface area contributed by atoms with Crippen LogP contribution in [0.1, 0.15) is 74.1 Å². The molecule has 1 atom stereocenters. The van der Waals surface area contributed by atoms with E-state index in [1.54, 1.807) is 6.08 Å². The van der Waals surface area contributed by atoms with Crippen molar-refractivity contribution in [1.82, 2.24) is 0 Å². The summed E-state index contributed by atoms with van der Waals surface area (Å²) in [5, 5.41) is 0. The fourth-order valence-electron chi connectivity index (χ4n) is 1.70. The molecule has 0 aliphatic rings. The minimum absolute atomic E-state index is 0.188. The first-order valence-electron chi connectivity index (χ1n) is 9.52. The van der Waals surface area contributed by atoms with E-state index in [0.29, 0.717) is 24.2 Å². The molecule has 0 aliphatic heterocycles. The summed E-state index contributed by atoms with van der Waals surface area (Å²) in [6.45, 7) is 15.0. The fraction of sp³-hybridized carbons (Fsp3) is 0.609. The Balaban J connectivity index is 0. The van der Waals surface area contributed by atoms with Gasteiger partial charge in [0.25, 0.3) is 0 Å². The molecule has 0 aliphatic carbocycles. The standard InChI is InChI=1S/C12H22.C11H18O/c1-5-6-7-8-12(4)10-9-11(2)3;1-4-5-6-7-11(12)9-8-10(2)3/h6-7,9-12H,5,8H2,1-4H3;5-6,8-10H,4,7H2,1-3H3/b7-6-,10-9+;6-5-,9-8-. The lowest BCUT2D eigenvalue weighted by atomic mass is 10.0. The van der Waals surface area contributed by atoms with E-state index in [0.717, 1.165) is 12.8 Å². The Kier molecular flexibility index (Phi) is 18.6. The number of hydrogen-bond acceptors (Lipinski definition) is 1. The normalized spacial score (nSPS) is 13.5. The molecule has 0 aromatic rings. The lowest BCUT2D eigenvalue weighted by molar-refractivity contribution is -0.113. The van der Waals surface area contributed by atoms with Crippen molar-refractivity contribution in [1.29, 1.82) is 0 Å². The predicted molar refractivity (Wildman–Crippen MR) is 110 cm³/mol. The molecule has 1 nitrogen and oxygen atoms in total. The minimum atomic E-state index is 0.188. The Morgan fingerprint density at radius 3 is 1.79 bits per heavy atom. The van der Waals surface area contributed by atoms with E-state index >= 15 is 0 Å². The molecule has 1 heteroatoms. The van der Waals surface area contributed by atoms with Crippen molar-refractivity contribution in [2.24, 2.45) is 17.8 Å². The number of ketones is 1. The second kappa shape index (κ2) is 18.0. The van der Waals surface area contributed by atoms with Crippen LogP contribution in [0.15, 0.2) is 48.6 Å². The molecule has 0 bridgehead atoms. The molecule has 138 valence electrons. The van der Waals surface area contributed by atoms with Crippen LogP contribution in [-0.2, 0) is 4.79 Å². The van der Waals surface area contributed by atoms with Crippen molar-refractivity contribution in [3.05, 3.63) is 48.6 Å². The highest BCUT2D eigenvalue weighted by Crippen LogP contribution is 2.07. The van der Waals surface area contributed by atoms with Gasteiger partial charge in [-0.15, -0.1) is 0 Å². The number of rotatable bonds is 10. The van der Waals surface area contributed by atoms with Crippen molar-refractivity contribution in [2.75, 3.05) is 0 Å². The summed E-state index contributed by atoms with van der Waals surface area (Å²) >= 11 is 0. The monoisotopic (exact) mass is 332 g/mol. The van der Waals surface area contributed by atoms with Crippen LogP contribution in [0.25, 0.3) is 0 Å². The maximum atomic E-state index is 11.1. The van der Waals surface area contributed by atoms with Crippen LogP contribution in [0.5, 0.6) is 0 Å². The summed E-state index contributed by atoms with van der Waals surface area (Å²) in [5.74, 6) is 2.02. The highest BCUT2D eigenvalue weighted by Gasteiger charge is 1.93. The zero-order valence-corrected chi connectivity index (χ0v) is 17.1. The SMILES string of the molecule is CC/C=C\CC(=O)/C=C\C(C)C.CC/C=C\CC(C)/C=C/C(C)C. The van der Waals surface area contributed by atoms with Crippen molar-refractivity contribution in [2.45, 2.75) is 74.1 Å². The van der Waals surface area contributed by atoms with Gasteiger partial charge in [-0.25, -0.2) is 0 Å². The summed E-state index contributed by atoms with van der Waals surface area (Å²) in [5.41, 5.74) is 0. The van der Waals surface area contributed by atoms with Crippen molar-refractivity contribution >= 4 is 5.78 Å². The predicted octanol–water partition coefficient (Wildman–Crippen LogP) is 7.32. The van der Waals surface area contributed by atoms with E-state index in [4.69, 9.17) is 0 Å². The van der Waals surface area contributed by atoms with Gasteiger partial charge in [0.2, 0.25) is 0 Å². The quantitative estimate of drug-likeness (QED) is 0.302. The van der Waals surface area contributed by atoms with Crippen LogP contribution < -0.4 is 0 Å². The lowest BCUT2D eigenvalue weighted by Gasteiger charge is -2.01. The van der Waals surface area contributed by atoms with Crippen molar-refractivity contribution in [3.8, 4) is 0 Å². The number of hydrogen-bond donors (Lipinski definition) is 0. The lowest BCUT2D eigenvalue weighted by Crippen LogP contribution is -1.90. The first kappa shape index (κ1) is 24.9. The Morgan fingerprint density at radius 1 is 0.750 bits per heavy atom. The summed E-state index contributed by atoms with van der Waals surface area (Å²) in [7, 11) is 0. The molecule has 0 spiro atoms. The van der Waals surface area contributed by atoms with Gasteiger partial charge < -0.3 is 0 Å². The number of carbonyl (C=O) groups is 1. The molecule has 24 heavy (non-hydrogen) atoms. The molecule has 1 unspecified atom stereocenters. The van der Waals surface area contributed by atoms with Gasteiger partial charge in [-0.1, -0.05) is 91.0 Å². The van der Waals surface area contributed by atoms with Crippen molar-refractivity contribution in [3.63, 3.8) is 0 Å². The smallest absolute Gasteiger partial charge is 0.159 e. The topological polar surface area (TPSA) is 17.1 Å². The van der Waals surface area contributed by atoms with Gasteiger partial charge in [-0.3, -0.25) is 4.79 Å². The van der Waals surface area contributed by atoms with Crippen molar-refractivity contribution < 1.29 is 4.79 Å². The highest BCUT2D eigenvalue weighted by atomic mass is 16.1. The number of allylic oxidation sites excluding steroid dienone is 8. The molecule has 0 heterocycles. The van der Waals surface area contributed by atoms with Gasteiger partial charge in [0.15, 0.2) is 5.78 Å². The van der Waals surface area contributed by atoms with Gasteiger partial charge in [0, 0.05) is 6.42 Å². The fourth-order valence-corrected chi connectivity index (χ4v) is 1.70. The highest BCUT2D eigenvalue weighted by molar-refractivity contribution is 5.90. The second-order valence-corrected chi connectivity index (χ2v) is 6.87. The zero-order valence-electron chi connectivity index (χ0n) is 17.1. The van der Waals surface area contributed by atoms with E-state index in [1.807, 2.05) is 18.2 Å². The molecular formula is C23H40O. The summed E-state index contributed by atoms with van der Waals surface area (Å²) in [4.78, 5) is 11.1. The van der Waals surface area contributed by atoms with Crippen LogP contribution in [-0.4, -0.2) is 5.78 Å². The van der Waals surface area contributed by atoms with Crippen LogP contribution in [0, 0.1) is 17.8 Å². The van der Waals surface area contributed by atoms with Gasteiger partial charge in [0.1, 0.15) is 0 Å². The third-order valence-corrected chi connectivity index (χ3v) is 3.12. The first-order chi connectivity index (χ1) is 11.3. The van der Waals surface area contributed by atoms with E-state index in [-0.39, 0.29) is 5.78 Å². The van der Waals surface area contributed by atoms with Gasteiger partial charge in [-0.2, -0.15) is 0 Å². The molecule has 0 rings (SSSR count). The van der Waals surface area contributed by atoms with Crippen LogP contribution >= 0.6 is 0 Å². The molecular weight excluding hydrogens is 292 g/mol. The molecule has 0 fully saturated rings.